The Labute approximate surface area is 232 Å². The maximum Gasteiger partial charge on any atom is 0.159 e. The summed E-state index contributed by atoms with van der Waals surface area (Å²) in [7, 11) is 0. The van der Waals surface area contributed by atoms with Gasteiger partial charge >= 0.3 is 0 Å². The molecule has 0 unspecified atom stereocenters. The summed E-state index contributed by atoms with van der Waals surface area (Å²) in [5.74, 6) is 0.730. The molecule has 0 aliphatic rings. The summed E-state index contributed by atoms with van der Waals surface area (Å²) in [4.78, 5) is 9.16. The minimum atomic E-state index is 0.730. The van der Waals surface area contributed by atoms with Crippen LogP contribution in [0.4, 0.5) is 0 Å². The second-order valence-electron chi connectivity index (χ2n) is 10.2. The van der Waals surface area contributed by atoms with Crippen molar-refractivity contribution in [2.24, 2.45) is 0 Å². The third kappa shape index (κ3) is 3.50. The lowest BCUT2D eigenvalue weighted by atomic mass is 9.83. The van der Waals surface area contributed by atoms with Crippen LogP contribution in [-0.2, 0) is 0 Å². The molecule has 0 saturated carbocycles. The number of hydrogen-bond acceptors (Lipinski definition) is 2. The van der Waals surface area contributed by atoms with Gasteiger partial charge in [-0.2, -0.15) is 0 Å². The van der Waals surface area contributed by atoms with E-state index in [0.717, 1.165) is 11.4 Å². The molecule has 40 heavy (non-hydrogen) atoms. The standard InChI is InChI=1S/C38H24N2/c1-3-14-28-25(10-1)12-7-18-30(28)36-32-16-5-6-17-33(32)37(31-19-8-13-26-11-2-4-15-29(26)31)35-24-27(20-21-34(35)36)38-39-22-9-23-40-38/h1-24H. The Hall–Kier alpha value is -5.34. The smallest absolute Gasteiger partial charge is 0.159 e. The van der Waals surface area contributed by atoms with Crippen LogP contribution in [0, 0.1) is 0 Å². The summed E-state index contributed by atoms with van der Waals surface area (Å²) < 4.78 is 0. The third-order valence-corrected chi connectivity index (χ3v) is 7.97. The highest BCUT2D eigenvalue weighted by Gasteiger charge is 2.20. The average molecular weight is 509 g/mol. The van der Waals surface area contributed by atoms with Crippen molar-refractivity contribution in [1.82, 2.24) is 9.97 Å². The zero-order valence-corrected chi connectivity index (χ0v) is 21.8. The molecule has 0 aliphatic carbocycles. The van der Waals surface area contributed by atoms with E-state index in [2.05, 4.69) is 137 Å². The van der Waals surface area contributed by atoms with Crippen molar-refractivity contribution >= 4 is 43.1 Å². The van der Waals surface area contributed by atoms with Gasteiger partial charge in [-0.15, -0.1) is 0 Å². The van der Waals surface area contributed by atoms with E-state index < -0.39 is 0 Å². The normalized spacial score (nSPS) is 11.5. The topological polar surface area (TPSA) is 25.8 Å². The molecule has 8 aromatic rings. The summed E-state index contributed by atoms with van der Waals surface area (Å²) in [5, 5.41) is 9.88. The molecule has 0 spiro atoms. The molecule has 0 radical (unpaired) electrons. The molecule has 0 aliphatic heterocycles. The Balaban J connectivity index is 1.59. The fourth-order valence-electron chi connectivity index (χ4n) is 6.23. The van der Waals surface area contributed by atoms with E-state index in [1.165, 1.54) is 65.3 Å². The van der Waals surface area contributed by atoms with E-state index in [1.807, 2.05) is 6.07 Å². The molecule has 0 bridgehead atoms. The van der Waals surface area contributed by atoms with Gasteiger partial charge in [0.15, 0.2) is 5.82 Å². The summed E-state index contributed by atoms with van der Waals surface area (Å²) in [6.07, 6.45) is 3.61. The Kier molecular flexibility index (Phi) is 5.17. The monoisotopic (exact) mass is 508 g/mol. The fraction of sp³-hybridized carbons (Fsp3) is 0. The second kappa shape index (κ2) is 9.14. The first-order chi connectivity index (χ1) is 19.9. The van der Waals surface area contributed by atoms with Crippen molar-refractivity contribution in [3.63, 3.8) is 0 Å². The maximum absolute atomic E-state index is 4.58. The van der Waals surface area contributed by atoms with E-state index in [9.17, 15) is 0 Å². The number of rotatable bonds is 3. The molecule has 0 atom stereocenters. The van der Waals surface area contributed by atoms with Gasteiger partial charge in [0.1, 0.15) is 0 Å². The summed E-state index contributed by atoms with van der Waals surface area (Å²) in [6, 6.07) is 48.0. The van der Waals surface area contributed by atoms with E-state index in [1.54, 1.807) is 12.4 Å². The summed E-state index contributed by atoms with van der Waals surface area (Å²) >= 11 is 0. The van der Waals surface area contributed by atoms with E-state index in [0.29, 0.717) is 0 Å². The molecular weight excluding hydrogens is 484 g/mol. The van der Waals surface area contributed by atoms with Crippen molar-refractivity contribution in [2.75, 3.05) is 0 Å². The quantitative estimate of drug-likeness (QED) is 0.222. The van der Waals surface area contributed by atoms with Crippen molar-refractivity contribution < 1.29 is 0 Å². The predicted molar refractivity (Wildman–Crippen MR) is 168 cm³/mol. The highest BCUT2D eigenvalue weighted by molar-refractivity contribution is 6.25. The van der Waals surface area contributed by atoms with Gasteiger partial charge in [0.05, 0.1) is 0 Å². The number of fused-ring (bicyclic) bond motifs is 4. The van der Waals surface area contributed by atoms with E-state index >= 15 is 0 Å². The molecule has 2 heteroatoms. The van der Waals surface area contributed by atoms with Gasteiger partial charge in [-0.05, 0) is 77.5 Å². The van der Waals surface area contributed by atoms with Gasteiger partial charge in [0, 0.05) is 18.0 Å². The molecule has 0 amide bonds. The van der Waals surface area contributed by atoms with E-state index in [-0.39, 0.29) is 0 Å². The Morgan fingerprint density at radius 3 is 1.43 bits per heavy atom. The van der Waals surface area contributed by atoms with Crippen molar-refractivity contribution in [3.8, 4) is 33.6 Å². The lowest BCUT2D eigenvalue weighted by Crippen LogP contribution is -1.94. The van der Waals surface area contributed by atoms with Gasteiger partial charge < -0.3 is 0 Å². The molecule has 186 valence electrons. The number of benzene rings is 7. The van der Waals surface area contributed by atoms with Gasteiger partial charge in [-0.3, -0.25) is 0 Å². The molecule has 0 saturated heterocycles. The Morgan fingerprint density at radius 1 is 0.350 bits per heavy atom. The van der Waals surface area contributed by atoms with Crippen LogP contribution in [0.25, 0.3) is 76.7 Å². The SMILES string of the molecule is c1cnc(-c2ccc3c(-c4cccc5ccccc45)c4ccccc4c(-c4cccc5ccccc45)c3c2)nc1. The van der Waals surface area contributed by atoms with Gasteiger partial charge in [0.2, 0.25) is 0 Å². The summed E-state index contributed by atoms with van der Waals surface area (Å²) in [5.41, 5.74) is 5.98. The molecule has 0 fully saturated rings. The van der Waals surface area contributed by atoms with Crippen LogP contribution in [0.3, 0.4) is 0 Å². The molecule has 8 rings (SSSR count). The van der Waals surface area contributed by atoms with Crippen LogP contribution < -0.4 is 0 Å². The van der Waals surface area contributed by atoms with Crippen LogP contribution in [0.15, 0.2) is 146 Å². The van der Waals surface area contributed by atoms with Gasteiger partial charge in [0.25, 0.3) is 0 Å². The van der Waals surface area contributed by atoms with Crippen LogP contribution in [0.5, 0.6) is 0 Å². The highest BCUT2D eigenvalue weighted by atomic mass is 14.8. The average Bonchev–Trinajstić information content (AvgIpc) is 3.03. The van der Waals surface area contributed by atoms with Crippen molar-refractivity contribution in [2.45, 2.75) is 0 Å². The largest absolute Gasteiger partial charge is 0.237 e. The summed E-state index contributed by atoms with van der Waals surface area (Å²) in [6.45, 7) is 0. The Bertz CT molecular complexity index is 2200. The maximum atomic E-state index is 4.58. The highest BCUT2D eigenvalue weighted by Crippen LogP contribution is 2.47. The first kappa shape index (κ1) is 22.6. The fourth-order valence-corrected chi connectivity index (χ4v) is 6.23. The van der Waals surface area contributed by atoms with Crippen LogP contribution >= 0.6 is 0 Å². The molecule has 1 heterocycles. The Morgan fingerprint density at radius 2 is 0.825 bits per heavy atom. The molecular formula is C38H24N2. The molecule has 0 N–H and O–H groups in total. The lowest BCUT2D eigenvalue weighted by Gasteiger charge is -2.20. The van der Waals surface area contributed by atoms with Crippen molar-refractivity contribution in [1.29, 1.82) is 0 Å². The first-order valence-corrected chi connectivity index (χ1v) is 13.6. The van der Waals surface area contributed by atoms with Crippen LogP contribution in [-0.4, -0.2) is 9.97 Å². The number of nitrogens with zero attached hydrogens (tertiary/aromatic N) is 2. The zero-order valence-electron chi connectivity index (χ0n) is 21.8. The van der Waals surface area contributed by atoms with E-state index in [4.69, 9.17) is 0 Å². The molecule has 1 aromatic heterocycles. The second-order valence-corrected chi connectivity index (χ2v) is 10.2. The first-order valence-electron chi connectivity index (χ1n) is 13.6. The zero-order chi connectivity index (χ0) is 26.5. The predicted octanol–water partition coefficient (Wildman–Crippen LogP) is 10.1. The minimum Gasteiger partial charge on any atom is -0.237 e. The minimum absolute atomic E-state index is 0.730. The van der Waals surface area contributed by atoms with Crippen molar-refractivity contribution in [3.05, 3.63) is 146 Å². The third-order valence-electron chi connectivity index (χ3n) is 7.97. The lowest BCUT2D eigenvalue weighted by molar-refractivity contribution is 1.18. The molecule has 7 aromatic carbocycles. The molecule has 2 nitrogen and oxygen atoms in total. The van der Waals surface area contributed by atoms with Gasteiger partial charge in [-0.25, -0.2) is 9.97 Å². The number of hydrogen-bond donors (Lipinski definition) is 0. The van der Waals surface area contributed by atoms with Gasteiger partial charge in [-0.1, -0.05) is 121 Å². The van der Waals surface area contributed by atoms with Crippen LogP contribution in [0.1, 0.15) is 0 Å². The number of aromatic nitrogens is 2. The van der Waals surface area contributed by atoms with Crippen LogP contribution in [0.2, 0.25) is 0 Å².